The number of benzene rings is 4. The van der Waals surface area contributed by atoms with Crippen molar-refractivity contribution in [2.45, 2.75) is 18.3 Å². The highest BCUT2D eigenvalue weighted by molar-refractivity contribution is 6.30. The Balaban J connectivity index is 1.51. The molecule has 0 fully saturated rings. The van der Waals surface area contributed by atoms with Crippen molar-refractivity contribution in [1.29, 1.82) is 0 Å². The Morgan fingerprint density at radius 1 is 0.625 bits per heavy atom. The predicted molar refractivity (Wildman–Crippen MR) is 132 cm³/mol. The quantitative estimate of drug-likeness (QED) is 0.321. The summed E-state index contributed by atoms with van der Waals surface area (Å²) in [6.45, 7) is 0.588. The minimum absolute atomic E-state index is 0.00149. The SMILES string of the molecule is O=C(NCCC(c1ccccc1)c1ccccc1)C(c1ccccc1)c1ccc(Cl)cc1. The highest BCUT2D eigenvalue weighted by Crippen LogP contribution is 2.29. The first-order valence-electron chi connectivity index (χ1n) is 10.9. The summed E-state index contributed by atoms with van der Waals surface area (Å²) < 4.78 is 0. The fourth-order valence-electron chi connectivity index (χ4n) is 4.13. The molecule has 0 saturated carbocycles. The van der Waals surface area contributed by atoms with Gasteiger partial charge in [0.05, 0.1) is 5.92 Å². The Kier molecular flexibility index (Phi) is 7.37. The molecule has 32 heavy (non-hydrogen) atoms. The van der Waals surface area contributed by atoms with Crippen molar-refractivity contribution in [3.05, 3.63) is 143 Å². The van der Waals surface area contributed by atoms with Crippen LogP contribution in [0.3, 0.4) is 0 Å². The van der Waals surface area contributed by atoms with Gasteiger partial charge in [0.2, 0.25) is 5.91 Å². The van der Waals surface area contributed by atoms with Gasteiger partial charge < -0.3 is 5.32 Å². The summed E-state index contributed by atoms with van der Waals surface area (Å²) in [5, 5.41) is 3.85. The molecule has 2 nitrogen and oxygen atoms in total. The van der Waals surface area contributed by atoms with Crippen molar-refractivity contribution in [2.24, 2.45) is 0 Å². The zero-order valence-corrected chi connectivity index (χ0v) is 18.6. The van der Waals surface area contributed by atoms with Crippen LogP contribution in [0.2, 0.25) is 5.02 Å². The summed E-state index contributed by atoms with van der Waals surface area (Å²) in [5.41, 5.74) is 4.41. The van der Waals surface area contributed by atoms with Gasteiger partial charge in [-0.3, -0.25) is 4.79 Å². The molecule has 4 aromatic carbocycles. The molecule has 0 aromatic heterocycles. The zero-order valence-electron chi connectivity index (χ0n) is 17.8. The fourth-order valence-corrected chi connectivity index (χ4v) is 4.26. The van der Waals surface area contributed by atoms with Crippen LogP contribution in [0.5, 0.6) is 0 Å². The third kappa shape index (κ3) is 5.46. The molecule has 0 bridgehead atoms. The monoisotopic (exact) mass is 439 g/mol. The van der Waals surface area contributed by atoms with Gasteiger partial charge in [-0.2, -0.15) is 0 Å². The predicted octanol–water partition coefficient (Wildman–Crippen LogP) is 6.81. The summed E-state index contributed by atoms with van der Waals surface area (Å²) in [5.74, 6) is -0.151. The zero-order chi connectivity index (χ0) is 22.2. The first-order chi connectivity index (χ1) is 15.7. The molecule has 1 atom stereocenters. The molecule has 1 amide bonds. The van der Waals surface area contributed by atoms with Crippen LogP contribution in [-0.4, -0.2) is 12.5 Å². The largest absolute Gasteiger partial charge is 0.355 e. The smallest absolute Gasteiger partial charge is 0.232 e. The van der Waals surface area contributed by atoms with Crippen LogP contribution >= 0.6 is 11.6 Å². The standard InChI is InChI=1S/C29H26ClNO/c30-26-18-16-25(17-19-26)28(24-14-8-3-9-15-24)29(32)31-21-20-27(22-10-4-1-5-11-22)23-12-6-2-7-13-23/h1-19,27-28H,20-21H2,(H,31,32). The molecule has 0 aliphatic carbocycles. The fraction of sp³-hybridized carbons (Fsp3) is 0.138. The van der Waals surface area contributed by atoms with Crippen LogP contribution < -0.4 is 5.32 Å². The topological polar surface area (TPSA) is 29.1 Å². The summed E-state index contributed by atoms with van der Waals surface area (Å²) in [7, 11) is 0. The summed E-state index contributed by atoms with van der Waals surface area (Å²) in [6, 6.07) is 38.3. The maximum Gasteiger partial charge on any atom is 0.232 e. The van der Waals surface area contributed by atoms with Crippen LogP contribution in [0.15, 0.2) is 115 Å². The molecule has 1 unspecified atom stereocenters. The second kappa shape index (κ2) is 10.8. The average Bonchev–Trinajstić information content (AvgIpc) is 2.85. The summed E-state index contributed by atoms with van der Waals surface area (Å²) >= 11 is 6.08. The molecule has 3 heteroatoms. The van der Waals surface area contributed by atoms with E-state index in [0.29, 0.717) is 11.6 Å². The van der Waals surface area contributed by atoms with E-state index < -0.39 is 0 Å². The van der Waals surface area contributed by atoms with E-state index in [1.54, 1.807) is 0 Å². The van der Waals surface area contributed by atoms with E-state index in [1.165, 1.54) is 11.1 Å². The van der Waals surface area contributed by atoms with Crippen LogP contribution in [0, 0.1) is 0 Å². The average molecular weight is 440 g/mol. The second-order valence-electron chi connectivity index (χ2n) is 7.85. The molecule has 4 aromatic rings. The molecular formula is C29H26ClNO. The first-order valence-corrected chi connectivity index (χ1v) is 11.3. The number of nitrogens with one attached hydrogen (secondary N) is 1. The molecule has 0 aliphatic rings. The molecule has 0 radical (unpaired) electrons. The number of halogens is 1. The lowest BCUT2D eigenvalue weighted by atomic mass is 9.88. The Labute approximate surface area is 194 Å². The van der Waals surface area contributed by atoms with Gasteiger partial charge in [-0.15, -0.1) is 0 Å². The van der Waals surface area contributed by atoms with Crippen molar-refractivity contribution in [3.63, 3.8) is 0 Å². The first kappa shape index (κ1) is 21.9. The lowest BCUT2D eigenvalue weighted by Gasteiger charge is -2.21. The van der Waals surface area contributed by atoms with Gasteiger partial charge in [0.1, 0.15) is 0 Å². The molecule has 4 rings (SSSR count). The molecule has 0 aliphatic heterocycles. The summed E-state index contributed by atoms with van der Waals surface area (Å²) in [6.07, 6.45) is 0.821. The third-order valence-electron chi connectivity index (χ3n) is 5.73. The van der Waals surface area contributed by atoms with Crippen molar-refractivity contribution in [2.75, 3.05) is 6.54 Å². The van der Waals surface area contributed by atoms with E-state index >= 15 is 0 Å². The van der Waals surface area contributed by atoms with Crippen molar-refractivity contribution in [3.8, 4) is 0 Å². The van der Waals surface area contributed by atoms with E-state index in [4.69, 9.17) is 11.6 Å². The van der Waals surface area contributed by atoms with E-state index in [0.717, 1.165) is 17.5 Å². The number of carbonyl (C=O) groups is 1. The second-order valence-corrected chi connectivity index (χ2v) is 8.29. The third-order valence-corrected chi connectivity index (χ3v) is 5.99. The Morgan fingerprint density at radius 2 is 1.06 bits per heavy atom. The minimum atomic E-state index is -0.375. The Morgan fingerprint density at radius 3 is 1.56 bits per heavy atom. The molecule has 160 valence electrons. The lowest BCUT2D eigenvalue weighted by Crippen LogP contribution is -2.31. The van der Waals surface area contributed by atoms with Crippen molar-refractivity contribution in [1.82, 2.24) is 5.32 Å². The lowest BCUT2D eigenvalue weighted by molar-refractivity contribution is -0.121. The van der Waals surface area contributed by atoms with Gasteiger partial charge in [-0.1, -0.05) is 115 Å². The number of carbonyl (C=O) groups excluding carboxylic acids is 1. The van der Waals surface area contributed by atoms with Crippen LogP contribution in [0.4, 0.5) is 0 Å². The van der Waals surface area contributed by atoms with Gasteiger partial charge in [0.15, 0.2) is 0 Å². The Hall–Kier alpha value is -3.36. The molecule has 1 N–H and O–H groups in total. The maximum atomic E-state index is 13.3. The number of amides is 1. The highest BCUT2D eigenvalue weighted by Gasteiger charge is 2.23. The highest BCUT2D eigenvalue weighted by atomic mass is 35.5. The van der Waals surface area contributed by atoms with Gasteiger partial charge in [-0.05, 0) is 40.8 Å². The van der Waals surface area contributed by atoms with Gasteiger partial charge >= 0.3 is 0 Å². The van der Waals surface area contributed by atoms with Gasteiger partial charge in [-0.25, -0.2) is 0 Å². The van der Waals surface area contributed by atoms with E-state index in [9.17, 15) is 4.79 Å². The maximum absolute atomic E-state index is 13.3. The van der Waals surface area contributed by atoms with Gasteiger partial charge in [0.25, 0.3) is 0 Å². The van der Waals surface area contributed by atoms with E-state index in [-0.39, 0.29) is 17.7 Å². The van der Waals surface area contributed by atoms with E-state index in [1.807, 2.05) is 66.7 Å². The Bertz CT molecular complexity index is 1070. The van der Waals surface area contributed by atoms with Crippen molar-refractivity contribution < 1.29 is 4.79 Å². The van der Waals surface area contributed by atoms with Gasteiger partial charge in [0, 0.05) is 17.5 Å². The number of hydrogen-bond acceptors (Lipinski definition) is 1. The number of rotatable bonds is 8. The summed E-state index contributed by atoms with van der Waals surface area (Å²) in [4.78, 5) is 13.3. The van der Waals surface area contributed by atoms with Crippen LogP contribution in [0.25, 0.3) is 0 Å². The van der Waals surface area contributed by atoms with Crippen molar-refractivity contribution >= 4 is 17.5 Å². The minimum Gasteiger partial charge on any atom is -0.355 e. The van der Waals surface area contributed by atoms with E-state index in [2.05, 4.69) is 53.8 Å². The normalized spacial score (nSPS) is 11.8. The molecule has 0 heterocycles. The van der Waals surface area contributed by atoms with Crippen LogP contribution in [-0.2, 0) is 4.79 Å². The molecule has 0 saturated heterocycles. The molecular weight excluding hydrogens is 414 g/mol. The van der Waals surface area contributed by atoms with Crippen LogP contribution in [0.1, 0.15) is 40.5 Å². The molecule has 0 spiro atoms. The number of hydrogen-bond donors (Lipinski definition) is 1.